The molecule has 1 saturated heterocycles. The fourth-order valence-electron chi connectivity index (χ4n) is 3.39. The maximum atomic E-state index is 12.7. The van der Waals surface area contributed by atoms with E-state index < -0.39 is 59.4 Å². The van der Waals surface area contributed by atoms with Gasteiger partial charge in [-0.05, 0) is 54.4 Å². The van der Waals surface area contributed by atoms with Gasteiger partial charge in [-0.3, -0.25) is 9.59 Å². The van der Waals surface area contributed by atoms with Gasteiger partial charge in [0.15, 0.2) is 5.78 Å². The molecular weight excluding hydrogens is 433 g/mol. The van der Waals surface area contributed by atoms with E-state index in [4.69, 9.17) is 4.74 Å². The Kier molecular flexibility index (Phi) is 8.50. The predicted molar refractivity (Wildman–Crippen MR) is 108 cm³/mol. The average molecular weight is 464 g/mol. The van der Waals surface area contributed by atoms with Crippen molar-refractivity contribution >= 4 is 23.6 Å². The Bertz CT molecular complexity index is 778. The molecule has 0 aliphatic carbocycles. The van der Waals surface area contributed by atoms with Crippen molar-refractivity contribution in [2.45, 2.75) is 90.2 Å². The molecule has 0 saturated carbocycles. The highest BCUT2D eigenvalue weighted by molar-refractivity contribution is 5.96. The van der Waals surface area contributed by atoms with E-state index in [0.717, 1.165) is 7.11 Å². The number of halogens is 3. The quantitative estimate of drug-likeness (QED) is 0.476. The lowest BCUT2D eigenvalue weighted by Gasteiger charge is -2.39. The SMILES string of the molecule is COC(=O)[C@H](CC(=O)/C=C1\CC[C@@H](C(=O)OC(C)(C)C)N1C(C)(C)C)NC(=O)C(F)(F)F. The lowest BCUT2D eigenvalue weighted by atomic mass is 10.0. The highest BCUT2D eigenvalue weighted by atomic mass is 19.4. The van der Waals surface area contributed by atoms with E-state index in [-0.39, 0.29) is 0 Å². The molecule has 0 unspecified atom stereocenters. The van der Waals surface area contributed by atoms with Gasteiger partial charge >= 0.3 is 24.0 Å². The molecule has 1 N–H and O–H groups in total. The maximum absolute atomic E-state index is 12.7. The molecule has 1 amide bonds. The Morgan fingerprint density at radius 2 is 1.69 bits per heavy atom. The zero-order valence-electron chi connectivity index (χ0n) is 19.4. The number of ether oxygens (including phenoxy) is 2. The molecule has 0 aromatic rings. The number of esters is 2. The van der Waals surface area contributed by atoms with Gasteiger partial charge in [0.25, 0.3) is 0 Å². The van der Waals surface area contributed by atoms with Crippen LogP contribution in [0.3, 0.4) is 0 Å². The number of likely N-dealkylation sites (tertiary alicyclic amines) is 1. The third-order valence-electron chi connectivity index (χ3n) is 4.48. The number of methoxy groups -OCH3 is 1. The van der Waals surface area contributed by atoms with Crippen LogP contribution >= 0.6 is 0 Å². The van der Waals surface area contributed by atoms with E-state index in [1.165, 1.54) is 11.4 Å². The van der Waals surface area contributed by atoms with Crippen LogP contribution in [0.4, 0.5) is 13.2 Å². The Morgan fingerprint density at radius 1 is 1.12 bits per heavy atom. The lowest BCUT2D eigenvalue weighted by molar-refractivity contribution is -0.175. The zero-order chi connectivity index (χ0) is 25.1. The molecule has 1 rings (SSSR count). The van der Waals surface area contributed by atoms with Crippen molar-refractivity contribution in [2.24, 2.45) is 0 Å². The molecule has 0 aromatic heterocycles. The Balaban J connectivity index is 3.10. The summed E-state index contributed by atoms with van der Waals surface area (Å²) in [6.07, 6.45) is -4.03. The molecule has 182 valence electrons. The van der Waals surface area contributed by atoms with Gasteiger partial charge in [0.05, 0.1) is 7.11 Å². The smallest absolute Gasteiger partial charge is 0.467 e. The first-order valence-electron chi connectivity index (χ1n) is 10.1. The van der Waals surface area contributed by atoms with Crippen LogP contribution in [0, 0.1) is 0 Å². The van der Waals surface area contributed by atoms with Crippen molar-refractivity contribution in [3.8, 4) is 0 Å². The van der Waals surface area contributed by atoms with E-state index in [1.807, 2.05) is 20.8 Å². The summed E-state index contributed by atoms with van der Waals surface area (Å²) in [5, 5.41) is 1.48. The number of hydrogen-bond donors (Lipinski definition) is 1. The third kappa shape index (κ3) is 7.83. The van der Waals surface area contributed by atoms with Crippen molar-refractivity contribution < 1.29 is 41.8 Å². The van der Waals surface area contributed by atoms with Gasteiger partial charge in [0.2, 0.25) is 0 Å². The molecule has 0 aromatic carbocycles. The van der Waals surface area contributed by atoms with Gasteiger partial charge < -0.3 is 19.7 Å². The van der Waals surface area contributed by atoms with Crippen molar-refractivity contribution in [1.29, 1.82) is 0 Å². The number of alkyl halides is 3. The summed E-state index contributed by atoms with van der Waals surface area (Å²) < 4.78 is 47.5. The van der Waals surface area contributed by atoms with E-state index in [1.54, 1.807) is 25.7 Å². The summed E-state index contributed by atoms with van der Waals surface area (Å²) in [5.74, 6) is -4.68. The topological polar surface area (TPSA) is 102 Å². The Hall–Kier alpha value is -2.59. The van der Waals surface area contributed by atoms with Crippen LogP contribution in [-0.2, 0) is 28.7 Å². The Morgan fingerprint density at radius 3 is 2.12 bits per heavy atom. The molecule has 1 heterocycles. The molecule has 1 aliphatic heterocycles. The summed E-state index contributed by atoms with van der Waals surface area (Å²) in [4.78, 5) is 50.0. The largest absolute Gasteiger partial charge is 0.471 e. The van der Waals surface area contributed by atoms with Crippen molar-refractivity contribution in [3.05, 3.63) is 11.8 Å². The van der Waals surface area contributed by atoms with Gasteiger partial charge in [-0.2, -0.15) is 13.2 Å². The molecule has 2 atom stereocenters. The lowest BCUT2D eigenvalue weighted by Crippen LogP contribution is -2.49. The minimum absolute atomic E-state index is 0.352. The number of ketones is 1. The summed E-state index contributed by atoms with van der Waals surface area (Å²) in [6, 6.07) is -2.45. The van der Waals surface area contributed by atoms with Gasteiger partial charge in [0, 0.05) is 23.7 Å². The predicted octanol–water partition coefficient (Wildman–Crippen LogP) is 2.65. The molecule has 8 nitrogen and oxygen atoms in total. The fraction of sp³-hybridized carbons (Fsp3) is 0.714. The first-order chi connectivity index (χ1) is 14.4. The monoisotopic (exact) mass is 464 g/mol. The van der Waals surface area contributed by atoms with Crippen molar-refractivity contribution in [2.75, 3.05) is 7.11 Å². The van der Waals surface area contributed by atoms with E-state index >= 15 is 0 Å². The molecule has 1 fully saturated rings. The zero-order valence-corrected chi connectivity index (χ0v) is 19.4. The Labute approximate surface area is 185 Å². The molecule has 0 bridgehead atoms. The van der Waals surface area contributed by atoms with Crippen LogP contribution in [0.5, 0.6) is 0 Å². The maximum Gasteiger partial charge on any atom is 0.471 e. The van der Waals surface area contributed by atoms with E-state index in [0.29, 0.717) is 18.5 Å². The van der Waals surface area contributed by atoms with Crippen LogP contribution in [0.2, 0.25) is 0 Å². The van der Waals surface area contributed by atoms with Gasteiger partial charge in [-0.1, -0.05) is 0 Å². The third-order valence-corrected chi connectivity index (χ3v) is 4.48. The second-order valence-corrected chi connectivity index (χ2v) is 9.48. The second kappa shape index (κ2) is 9.91. The molecule has 32 heavy (non-hydrogen) atoms. The number of allylic oxidation sites excluding steroid dienone is 2. The molecular formula is C21H31F3N2O6. The number of nitrogens with zero attached hydrogens (tertiary/aromatic N) is 1. The number of rotatable bonds is 6. The molecule has 0 radical (unpaired) electrons. The number of amides is 1. The van der Waals surface area contributed by atoms with E-state index in [2.05, 4.69) is 4.74 Å². The molecule has 0 spiro atoms. The van der Waals surface area contributed by atoms with Crippen LogP contribution in [0.1, 0.15) is 60.8 Å². The molecule has 1 aliphatic rings. The fourth-order valence-corrected chi connectivity index (χ4v) is 3.39. The number of hydrogen-bond acceptors (Lipinski definition) is 7. The highest BCUT2D eigenvalue weighted by Crippen LogP contribution is 2.36. The van der Waals surface area contributed by atoms with Crippen LogP contribution in [-0.4, -0.2) is 65.0 Å². The average Bonchev–Trinajstić information content (AvgIpc) is 3.02. The minimum atomic E-state index is -5.22. The summed E-state index contributed by atoms with van der Waals surface area (Å²) in [7, 11) is 0.932. The van der Waals surface area contributed by atoms with Crippen molar-refractivity contribution in [3.63, 3.8) is 0 Å². The highest BCUT2D eigenvalue weighted by Gasteiger charge is 2.43. The normalized spacial score (nSPS) is 19.5. The number of carbonyl (C=O) groups excluding carboxylic acids is 4. The van der Waals surface area contributed by atoms with Gasteiger partial charge in [-0.15, -0.1) is 0 Å². The van der Waals surface area contributed by atoms with Gasteiger partial charge in [0.1, 0.15) is 17.7 Å². The van der Waals surface area contributed by atoms with Crippen LogP contribution in [0.25, 0.3) is 0 Å². The molecule has 11 heteroatoms. The first-order valence-corrected chi connectivity index (χ1v) is 10.1. The van der Waals surface area contributed by atoms with Crippen molar-refractivity contribution in [1.82, 2.24) is 10.2 Å². The van der Waals surface area contributed by atoms with Crippen LogP contribution in [0.15, 0.2) is 11.8 Å². The van der Waals surface area contributed by atoms with Gasteiger partial charge in [-0.25, -0.2) is 9.59 Å². The number of carbonyl (C=O) groups is 4. The second-order valence-electron chi connectivity index (χ2n) is 9.48. The van der Waals surface area contributed by atoms with E-state index in [9.17, 15) is 32.3 Å². The summed E-state index contributed by atoms with van der Waals surface area (Å²) in [6.45, 7) is 10.7. The summed E-state index contributed by atoms with van der Waals surface area (Å²) >= 11 is 0. The number of nitrogens with one attached hydrogen (secondary N) is 1. The standard InChI is InChI=1S/C21H31F3N2O6/c1-19(2,3)26-12(8-9-15(26)17(29)32-20(4,5)6)10-13(27)11-14(16(28)31-7)25-18(30)21(22,23)24/h10,14-15H,8-9,11H2,1-7H3,(H,25,30)/b12-10+/t14-,15-/m0/s1. The van der Waals surface area contributed by atoms with Crippen LogP contribution < -0.4 is 5.32 Å². The minimum Gasteiger partial charge on any atom is -0.467 e. The summed E-state index contributed by atoms with van der Waals surface area (Å²) in [5.41, 5.74) is -0.784. The first kappa shape index (κ1) is 27.4.